The van der Waals surface area contributed by atoms with Crippen molar-refractivity contribution in [3.63, 3.8) is 0 Å². The summed E-state index contributed by atoms with van der Waals surface area (Å²) in [6.07, 6.45) is 0. The molecule has 0 bridgehead atoms. The van der Waals surface area contributed by atoms with Gasteiger partial charge in [0.05, 0.1) is 0 Å². The molecule has 0 atom stereocenters. The molecule has 0 aromatic carbocycles. The van der Waals surface area contributed by atoms with Crippen LogP contribution in [-0.2, 0) is 53.1 Å². The zero-order valence-corrected chi connectivity index (χ0v) is 20.1. The molecule has 0 heterocycles. The number of carboxylic acid groups (broad SMARTS) is 1. The summed E-state index contributed by atoms with van der Waals surface area (Å²) in [6.45, 7) is 5.42. The molecule has 0 radical (unpaired) electrons. The fourth-order valence-corrected chi connectivity index (χ4v) is 0. The quantitative estimate of drug-likeness (QED) is 0.431. The first-order valence-corrected chi connectivity index (χ1v) is 23.3. The van der Waals surface area contributed by atoms with Gasteiger partial charge in [-0.2, -0.15) is 0 Å². The van der Waals surface area contributed by atoms with Gasteiger partial charge in [0.25, 0.3) is 0 Å². The van der Waals surface area contributed by atoms with Gasteiger partial charge in [-0.15, -0.1) is 0 Å². The van der Waals surface area contributed by atoms with Gasteiger partial charge in [-0.25, -0.2) is 0 Å². The Balaban J connectivity index is -0.0000000886. The molecule has 2 nitrogen and oxygen atoms in total. The Bertz CT molecular complexity index is 65.6. The molecule has 0 aliphatic carbocycles. The van der Waals surface area contributed by atoms with Crippen molar-refractivity contribution in [3.05, 3.63) is 0 Å². The monoisotopic (exact) mass is 600 g/mol. The Morgan fingerprint density at radius 3 is 1.73 bits per heavy atom. The van der Waals surface area contributed by atoms with E-state index in [2.05, 4.69) is 25.8 Å². The van der Waals surface area contributed by atoms with Crippen molar-refractivity contribution in [2.45, 2.75) is 28.6 Å². The third kappa shape index (κ3) is 143. The molecular formula is C6H13BrHg2O2. The first-order valence-electron chi connectivity index (χ1n) is 3.59. The van der Waals surface area contributed by atoms with Crippen molar-refractivity contribution in [3.8, 4) is 0 Å². The number of carbonyl (C=O) groups excluding carboxylic acids is 1. The number of hydrogen-bond donors (Lipinski definition) is 0. The molecule has 0 N–H and O–H groups in total. The van der Waals surface area contributed by atoms with Gasteiger partial charge >= 0.3 is 81.9 Å². The normalized spacial score (nSPS) is 6.00. The van der Waals surface area contributed by atoms with Crippen molar-refractivity contribution in [1.82, 2.24) is 0 Å². The molecule has 0 unspecified atom stereocenters. The van der Waals surface area contributed by atoms with Gasteiger partial charge in [0.1, 0.15) is 0 Å². The Hall–Kier alpha value is 1.82. The van der Waals surface area contributed by atoms with E-state index in [-0.39, 0.29) is 22.1 Å². The van der Waals surface area contributed by atoms with Crippen molar-refractivity contribution >= 4 is 17.9 Å². The SMILES string of the molecule is CC(=O)[O-].C[CH2][Hg+].C[CH2][Hg][Br]. The molecule has 0 rings (SSSR count). The van der Waals surface area contributed by atoms with Crippen LogP contribution in [0.1, 0.15) is 20.8 Å². The van der Waals surface area contributed by atoms with Crippen LogP contribution in [0.25, 0.3) is 0 Å². The van der Waals surface area contributed by atoms with E-state index in [0.29, 0.717) is 0 Å². The van der Waals surface area contributed by atoms with Gasteiger partial charge in [-0.05, 0) is 6.92 Å². The van der Waals surface area contributed by atoms with E-state index in [4.69, 9.17) is 9.90 Å². The maximum absolute atomic E-state index is 8.89. The summed E-state index contributed by atoms with van der Waals surface area (Å²) in [4.78, 5) is 8.89. The number of halogens is 1. The summed E-state index contributed by atoms with van der Waals surface area (Å²) >= 11 is 4.24. The third-order valence-electron chi connectivity index (χ3n) is 0.189. The molecule has 0 aromatic heterocycles. The first kappa shape index (κ1) is 18.6. The number of aliphatic carboxylic acids is 1. The molecule has 0 aromatic rings. The third-order valence-corrected chi connectivity index (χ3v) is 8.62. The summed E-state index contributed by atoms with van der Waals surface area (Å²) in [5, 5.41) is 8.89. The molecule has 11 heavy (non-hydrogen) atoms. The van der Waals surface area contributed by atoms with Crippen LogP contribution in [0.3, 0.4) is 0 Å². The zero-order chi connectivity index (χ0) is 9.70. The fourth-order valence-electron chi connectivity index (χ4n) is 0. The molecule has 5 heteroatoms. The van der Waals surface area contributed by atoms with E-state index in [0.717, 1.165) is 33.0 Å². The maximum atomic E-state index is 8.89. The number of carboxylic acids is 1. The molecule has 0 saturated heterocycles. The van der Waals surface area contributed by atoms with Gasteiger partial charge in [-0.3, -0.25) is 0 Å². The van der Waals surface area contributed by atoms with Crippen LogP contribution in [0.5, 0.6) is 0 Å². The van der Waals surface area contributed by atoms with Crippen LogP contribution in [-0.4, -0.2) is 5.97 Å². The van der Waals surface area contributed by atoms with Crippen LogP contribution < -0.4 is 5.11 Å². The fraction of sp³-hybridized carbons (Fsp3) is 0.833. The Morgan fingerprint density at radius 2 is 1.73 bits per heavy atom. The summed E-state index contributed by atoms with van der Waals surface area (Å²) in [7, 11) is 0. The second-order valence-corrected chi connectivity index (χ2v) is 17.9. The van der Waals surface area contributed by atoms with E-state index >= 15 is 0 Å². The molecule has 0 aliphatic heterocycles. The first-order chi connectivity index (χ1) is 5.06. The van der Waals surface area contributed by atoms with Crippen LogP contribution in [0.2, 0.25) is 7.86 Å². The molecule has 0 aliphatic rings. The summed E-state index contributed by atoms with van der Waals surface area (Å²) < 4.78 is 2.90. The minimum absolute atomic E-state index is 0.300. The summed E-state index contributed by atoms with van der Waals surface area (Å²) in [5.41, 5.74) is 0. The van der Waals surface area contributed by atoms with Crippen molar-refractivity contribution in [2.24, 2.45) is 0 Å². The van der Waals surface area contributed by atoms with Crippen LogP contribution in [0.4, 0.5) is 0 Å². The molecule has 60 valence electrons. The van der Waals surface area contributed by atoms with Gasteiger partial charge in [0, 0.05) is 5.97 Å². The van der Waals surface area contributed by atoms with Crippen LogP contribution in [0.15, 0.2) is 0 Å². The van der Waals surface area contributed by atoms with Crippen LogP contribution in [0, 0.1) is 0 Å². The van der Waals surface area contributed by atoms with Gasteiger partial charge in [0.15, 0.2) is 0 Å². The van der Waals surface area contributed by atoms with E-state index in [1.54, 1.807) is 0 Å². The molecule has 0 amide bonds. The minimum atomic E-state index is -1.08. The number of hydrogen-bond acceptors (Lipinski definition) is 2. The molecule has 0 fully saturated rings. The Morgan fingerprint density at radius 1 is 1.64 bits per heavy atom. The molecule has 0 saturated carbocycles. The average Bonchev–Trinajstić information content (AvgIpc) is 1.88. The van der Waals surface area contributed by atoms with Gasteiger partial charge < -0.3 is 9.90 Å². The van der Waals surface area contributed by atoms with Gasteiger partial charge in [0.2, 0.25) is 0 Å². The van der Waals surface area contributed by atoms with Crippen molar-refractivity contribution in [2.75, 3.05) is 0 Å². The Labute approximate surface area is 103 Å². The van der Waals surface area contributed by atoms with Crippen molar-refractivity contribution < 1.29 is 58.2 Å². The van der Waals surface area contributed by atoms with Crippen LogP contribution >= 0.6 is 11.9 Å². The standard InChI is InChI=1S/C2H4O2.2C2H5.BrH.2Hg/c1-2(3)4;2*1-2;;;/h1H3,(H,3,4);2*1H2,2H3;1H;;/q;;;;2*+1/p-2. The Kier molecular flexibility index (Phi) is 38.2. The number of rotatable bonds is 1. The van der Waals surface area contributed by atoms with E-state index < -0.39 is 5.97 Å². The van der Waals surface area contributed by atoms with Crippen molar-refractivity contribution in [1.29, 1.82) is 0 Å². The zero-order valence-electron chi connectivity index (χ0n) is 7.52. The average molecular weight is 598 g/mol. The summed E-state index contributed by atoms with van der Waals surface area (Å²) in [5.74, 6) is -1.08. The van der Waals surface area contributed by atoms with E-state index in [1.807, 2.05) is 0 Å². The predicted molar refractivity (Wildman–Crippen MR) is 40.6 cm³/mol. The molecular weight excluding hydrogens is 585 g/mol. The topological polar surface area (TPSA) is 40.1 Å². The second kappa shape index (κ2) is 22.6. The number of carbonyl (C=O) groups is 1. The molecule has 0 spiro atoms. The second-order valence-electron chi connectivity index (χ2n) is 1.68. The van der Waals surface area contributed by atoms with Gasteiger partial charge in [-0.1, -0.05) is 0 Å². The predicted octanol–water partition coefficient (Wildman–Crippen LogP) is 1.54. The van der Waals surface area contributed by atoms with E-state index in [1.165, 1.54) is 7.86 Å². The van der Waals surface area contributed by atoms with E-state index in [9.17, 15) is 0 Å². The summed E-state index contributed by atoms with van der Waals surface area (Å²) in [6, 6.07) is 0.